The molecule has 12 heteroatoms. The molecule has 2 heterocycles. The van der Waals surface area contributed by atoms with Gasteiger partial charge >= 0.3 is 23.9 Å². The standard InChI is InChI=1S/C29H26N2O9S/c1-5-40-29(36)21-20(16-10-12-18(13-11-16)27(34)38-3)22(28(35)39-4)25-31(23(21)30)24(32)19(41-25)14-15-6-8-17(9-7-15)26(33)37-2/h6-14,20H,5,30H2,1-4H3/b19-14-. The van der Waals surface area contributed by atoms with Gasteiger partial charge in [-0.1, -0.05) is 24.3 Å². The van der Waals surface area contributed by atoms with Crippen LogP contribution < -0.4 is 20.5 Å². The molecule has 41 heavy (non-hydrogen) atoms. The molecule has 0 fully saturated rings. The molecule has 0 spiro atoms. The summed E-state index contributed by atoms with van der Waals surface area (Å²) in [5.74, 6) is -3.94. The summed E-state index contributed by atoms with van der Waals surface area (Å²) in [7, 11) is 3.71. The monoisotopic (exact) mass is 578 g/mol. The van der Waals surface area contributed by atoms with E-state index in [2.05, 4.69) is 0 Å². The number of hydrogen-bond acceptors (Lipinski definition) is 11. The number of benzene rings is 2. The third kappa shape index (κ3) is 5.41. The van der Waals surface area contributed by atoms with Gasteiger partial charge in [-0.3, -0.25) is 9.36 Å². The summed E-state index contributed by atoms with van der Waals surface area (Å²) in [6, 6.07) is 12.5. The van der Waals surface area contributed by atoms with Crippen molar-refractivity contribution in [1.29, 1.82) is 0 Å². The average molecular weight is 579 g/mol. The molecule has 1 unspecified atom stereocenters. The minimum atomic E-state index is -1.07. The lowest BCUT2D eigenvalue weighted by Gasteiger charge is -2.26. The summed E-state index contributed by atoms with van der Waals surface area (Å²) in [5, 5.41) is 0. The first-order valence-corrected chi connectivity index (χ1v) is 13.1. The van der Waals surface area contributed by atoms with Crippen molar-refractivity contribution in [2.45, 2.75) is 12.8 Å². The summed E-state index contributed by atoms with van der Waals surface area (Å²) in [4.78, 5) is 63.9. The quantitative estimate of drug-likeness (QED) is 0.319. The zero-order chi connectivity index (χ0) is 29.8. The topological polar surface area (TPSA) is 153 Å². The number of fused-ring (bicyclic) bond motifs is 1. The Labute approximate surface area is 237 Å². The second-order valence-corrected chi connectivity index (χ2v) is 9.67. The third-order valence-corrected chi connectivity index (χ3v) is 7.45. The van der Waals surface area contributed by atoms with E-state index in [1.165, 1.54) is 33.5 Å². The molecule has 1 aliphatic rings. The molecule has 0 amide bonds. The lowest BCUT2D eigenvalue weighted by molar-refractivity contribution is -0.138. The van der Waals surface area contributed by atoms with Crippen LogP contribution in [0.3, 0.4) is 0 Å². The molecule has 1 atom stereocenters. The lowest BCUT2D eigenvalue weighted by atomic mass is 9.83. The van der Waals surface area contributed by atoms with Gasteiger partial charge in [0.25, 0.3) is 5.56 Å². The third-order valence-electron chi connectivity index (χ3n) is 6.34. The zero-order valence-electron chi connectivity index (χ0n) is 22.6. The Hall–Kier alpha value is -4.97. The molecule has 1 aromatic heterocycles. The summed E-state index contributed by atoms with van der Waals surface area (Å²) in [6.07, 6.45) is 1.58. The van der Waals surface area contributed by atoms with Gasteiger partial charge in [-0.15, -0.1) is 11.3 Å². The van der Waals surface area contributed by atoms with Crippen molar-refractivity contribution in [1.82, 2.24) is 4.57 Å². The number of nitrogens with zero attached hydrogens (tertiary/aromatic N) is 1. The number of aromatic nitrogens is 1. The molecule has 11 nitrogen and oxygen atoms in total. The van der Waals surface area contributed by atoms with Gasteiger partial charge < -0.3 is 24.7 Å². The molecule has 2 aromatic carbocycles. The molecule has 1 aliphatic heterocycles. The van der Waals surface area contributed by atoms with E-state index in [9.17, 15) is 24.0 Å². The van der Waals surface area contributed by atoms with Crippen molar-refractivity contribution < 1.29 is 38.1 Å². The highest BCUT2D eigenvalue weighted by Crippen LogP contribution is 2.37. The Kier molecular flexibility index (Phi) is 8.53. The van der Waals surface area contributed by atoms with E-state index in [0.29, 0.717) is 16.7 Å². The molecular weight excluding hydrogens is 552 g/mol. The van der Waals surface area contributed by atoms with Crippen molar-refractivity contribution in [2.75, 3.05) is 27.9 Å². The first-order chi connectivity index (χ1) is 19.7. The molecular formula is C29H26N2O9S. The Morgan fingerprint density at radius 3 is 1.88 bits per heavy atom. The Bertz CT molecular complexity index is 1750. The van der Waals surface area contributed by atoms with Gasteiger partial charge in [0, 0.05) is 0 Å². The number of hydrogen-bond donors (Lipinski definition) is 1. The maximum absolute atomic E-state index is 13.6. The number of thiazole rings is 1. The minimum absolute atomic E-state index is 0.00152. The largest absolute Gasteiger partial charge is 0.466 e. The SMILES string of the molecule is CCOC(=O)C1=C(N)n2c(s/c(=C\c3ccc(C(=O)OC)cc3)c2=O)=C(C(=O)OC)C1c1ccc(C(=O)OC)cc1. The van der Waals surface area contributed by atoms with Gasteiger partial charge in [-0.05, 0) is 48.4 Å². The van der Waals surface area contributed by atoms with E-state index >= 15 is 0 Å². The van der Waals surface area contributed by atoms with E-state index < -0.39 is 35.4 Å². The smallest absolute Gasteiger partial charge is 0.338 e. The molecule has 4 rings (SSSR count). The molecule has 2 N–H and O–H groups in total. The van der Waals surface area contributed by atoms with Gasteiger partial charge in [0.1, 0.15) is 10.5 Å². The van der Waals surface area contributed by atoms with Crippen molar-refractivity contribution in [3.8, 4) is 0 Å². The van der Waals surface area contributed by atoms with Crippen LogP contribution in [0.15, 0.2) is 58.9 Å². The van der Waals surface area contributed by atoms with Crippen molar-refractivity contribution in [3.05, 3.63) is 95.9 Å². The fraction of sp³-hybridized carbons (Fsp3) is 0.207. The van der Waals surface area contributed by atoms with Crippen LogP contribution in [-0.2, 0) is 28.5 Å². The number of ether oxygens (including phenoxy) is 4. The van der Waals surface area contributed by atoms with Gasteiger partial charge in [-0.25, -0.2) is 19.2 Å². The molecule has 212 valence electrons. The van der Waals surface area contributed by atoms with Crippen LogP contribution >= 0.6 is 11.3 Å². The molecule has 3 aromatic rings. The highest BCUT2D eigenvalue weighted by atomic mass is 32.1. The minimum Gasteiger partial charge on any atom is -0.466 e. The summed E-state index contributed by atoms with van der Waals surface area (Å²) in [6.45, 7) is 1.63. The van der Waals surface area contributed by atoms with Crippen molar-refractivity contribution in [3.63, 3.8) is 0 Å². The molecule has 0 radical (unpaired) electrons. The van der Waals surface area contributed by atoms with Crippen molar-refractivity contribution >= 4 is 52.7 Å². The van der Waals surface area contributed by atoms with Gasteiger partial charge in [-0.2, -0.15) is 0 Å². The van der Waals surface area contributed by atoms with Crippen LogP contribution in [0.2, 0.25) is 0 Å². The van der Waals surface area contributed by atoms with Crippen LogP contribution in [-0.4, -0.2) is 56.4 Å². The Morgan fingerprint density at radius 2 is 1.37 bits per heavy atom. The maximum atomic E-state index is 13.6. The second kappa shape index (κ2) is 12.0. The second-order valence-electron chi connectivity index (χ2n) is 8.64. The van der Waals surface area contributed by atoms with Gasteiger partial charge in [0.2, 0.25) is 0 Å². The zero-order valence-corrected chi connectivity index (χ0v) is 23.4. The number of esters is 4. The number of carbonyl (C=O) groups excluding carboxylic acids is 4. The van der Waals surface area contributed by atoms with Crippen LogP contribution in [0.1, 0.15) is 44.7 Å². The summed E-state index contributed by atoms with van der Waals surface area (Å²) in [5.41, 5.74) is 7.39. The predicted molar refractivity (Wildman–Crippen MR) is 149 cm³/mol. The fourth-order valence-corrected chi connectivity index (χ4v) is 5.58. The lowest BCUT2D eigenvalue weighted by Crippen LogP contribution is -2.41. The number of nitrogens with two attached hydrogens (primary N) is 1. The highest BCUT2D eigenvalue weighted by molar-refractivity contribution is 7.07. The van der Waals surface area contributed by atoms with Crippen molar-refractivity contribution in [2.24, 2.45) is 5.73 Å². The summed E-state index contributed by atoms with van der Waals surface area (Å²) >= 11 is 0.990. The maximum Gasteiger partial charge on any atom is 0.338 e. The average Bonchev–Trinajstić information content (AvgIpc) is 3.31. The first kappa shape index (κ1) is 29.0. The van der Waals surface area contributed by atoms with E-state index in [1.54, 1.807) is 49.4 Å². The molecule has 0 saturated carbocycles. The number of rotatable bonds is 7. The van der Waals surface area contributed by atoms with E-state index in [0.717, 1.165) is 15.9 Å². The van der Waals surface area contributed by atoms with Gasteiger partial charge in [0.15, 0.2) is 0 Å². The van der Waals surface area contributed by atoms with Crippen LogP contribution in [0.4, 0.5) is 0 Å². The van der Waals surface area contributed by atoms with Crippen LogP contribution in [0.25, 0.3) is 17.5 Å². The highest BCUT2D eigenvalue weighted by Gasteiger charge is 2.39. The Balaban J connectivity index is 2.01. The Morgan fingerprint density at radius 1 is 0.829 bits per heavy atom. The van der Waals surface area contributed by atoms with E-state index in [-0.39, 0.29) is 38.3 Å². The first-order valence-electron chi connectivity index (χ1n) is 12.3. The van der Waals surface area contributed by atoms with Gasteiger partial charge in [0.05, 0.1) is 60.7 Å². The number of carbonyl (C=O) groups is 4. The van der Waals surface area contributed by atoms with E-state index in [4.69, 9.17) is 24.7 Å². The molecule has 0 saturated heterocycles. The normalized spacial score (nSPS) is 14.8. The van der Waals surface area contributed by atoms with Crippen LogP contribution in [0, 0.1) is 0 Å². The molecule has 0 aliphatic carbocycles. The van der Waals surface area contributed by atoms with Crippen LogP contribution in [0.5, 0.6) is 0 Å². The number of methoxy groups -OCH3 is 3. The fourth-order valence-electron chi connectivity index (χ4n) is 4.41. The molecule has 0 bridgehead atoms. The summed E-state index contributed by atoms with van der Waals surface area (Å²) < 4.78 is 21.3. The van der Waals surface area contributed by atoms with E-state index in [1.807, 2.05) is 0 Å². The predicted octanol–water partition coefficient (Wildman–Crippen LogP) is 1.12.